The molecule has 1 aromatic carbocycles. The number of benzene rings is 1. The van der Waals surface area contributed by atoms with Crippen LogP contribution in [0.4, 0.5) is 0 Å². The van der Waals surface area contributed by atoms with Crippen molar-refractivity contribution >= 4 is 28.0 Å². The Morgan fingerprint density at radius 3 is 2.45 bits per heavy atom. The Morgan fingerprint density at radius 2 is 1.70 bits per heavy atom. The number of hydrogen-bond donors (Lipinski definition) is 1. The molecule has 0 spiro atoms. The van der Waals surface area contributed by atoms with Crippen LogP contribution in [0.25, 0.3) is 16.5 Å². The molecular weight excluding hydrogens is 250 g/mol. The average molecular weight is 265 g/mol. The van der Waals surface area contributed by atoms with Gasteiger partial charge in [0.1, 0.15) is 0 Å². The molecule has 1 aliphatic carbocycles. The molecule has 1 aliphatic rings. The number of ketones is 2. The van der Waals surface area contributed by atoms with Crippen LogP contribution < -0.4 is 0 Å². The van der Waals surface area contributed by atoms with E-state index in [1.54, 1.807) is 13.8 Å². The van der Waals surface area contributed by atoms with Crippen molar-refractivity contribution in [1.82, 2.24) is 4.98 Å². The number of carbonyl (C=O) groups is 2. The Bertz CT molecular complexity index is 819. The lowest BCUT2D eigenvalue weighted by atomic mass is 9.86. The first kappa shape index (κ1) is 12.6. The number of aromatic nitrogens is 1. The van der Waals surface area contributed by atoms with E-state index in [9.17, 15) is 9.59 Å². The van der Waals surface area contributed by atoms with Crippen LogP contribution in [0.5, 0.6) is 0 Å². The first-order valence-electron chi connectivity index (χ1n) is 6.56. The standard InChI is InChI=1S/C17H15NO2/c1-9-8-14(19)15(10(2)17(9)20)16-11(3)18-13-7-5-4-6-12(13)16/h4-8,18H,1-3H3. The number of allylic oxidation sites excluding steroid dienone is 4. The maximum absolute atomic E-state index is 12.4. The molecule has 0 fully saturated rings. The molecule has 3 nitrogen and oxygen atoms in total. The summed E-state index contributed by atoms with van der Waals surface area (Å²) >= 11 is 0. The van der Waals surface area contributed by atoms with Gasteiger partial charge in [-0.2, -0.15) is 0 Å². The number of fused-ring (bicyclic) bond motifs is 1. The maximum Gasteiger partial charge on any atom is 0.187 e. The minimum absolute atomic E-state index is 0.0516. The van der Waals surface area contributed by atoms with Gasteiger partial charge < -0.3 is 4.98 Å². The summed E-state index contributed by atoms with van der Waals surface area (Å²) < 4.78 is 0. The lowest BCUT2D eigenvalue weighted by Gasteiger charge is -2.15. The van der Waals surface area contributed by atoms with Gasteiger partial charge in [0.15, 0.2) is 11.6 Å². The van der Waals surface area contributed by atoms with E-state index in [2.05, 4.69) is 4.98 Å². The van der Waals surface area contributed by atoms with Crippen molar-refractivity contribution in [2.24, 2.45) is 0 Å². The highest BCUT2D eigenvalue weighted by atomic mass is 16.1. The minimum Gasteiger partial charge on any atom is -0.358 e. The van der Waals surface area contributed by atoms with Gasteiger partial charge in [0.25, 0.3) is 0 Å². The van der Waals surface area contributed by atoms with Crippen molar-refractivity contribution in [3.05, 3.63) is 52.7 Å². The van der Waals surface area contributed by atoms with Gasteiger partial charge in [0.2, 0.25) is 0 Å². The first-order valence-corrected chi connectivity index (χ1v) is 6.56. The van der Waals surface area contributed by atoms with Crippen LogP contribution in [0.15, 0.2) is 41.5 Å². The minimum atomic E-state index is -0.0903. The highest BCUT2D eigenvalue weighted by Crippen LogP contribution is 2.34. The summed E-state index contributed by atoms with van der Waals surface area (Å²) in [4.78, 5) is 27.8. The Hall–Kier alpha value is -2.42. The molecule has 2 aromatic rings. The fourth-order valence-corrected chi connectivity index (χ4v) is 2.84. The molecule has 0 saturated carbocycles. The summed E-state index contributed by atoms with van der Waals surface area (Å²) in [5.74, 6) is -0.142. The zero-order valence-corrected chi connectivity index (χ0v) is 11.7. The van der Waals surface area contributed by atoms with Gasteiger partial charge in [0.05, 0.1) is 0 Å². The highest BCUT2D eigenvalue weighted by molar-refractivity contribution is 6.38. The molecular formula is C17H15NO2. The molecule has 3 rings (SSSR count). The summed E-state index contributed by atoms with van der Waals surface area (Å²) in [6.07, 6.45) is 1.44. The third kappa shape index (κ3) is 1.67. The second kappa shape index (κ2) is 4.30. The van der Waals surface area contributed by atoms with Gasteiger partial charge in [-0.05, 0) is 32.9 Å². The predicted octanol–water partition coefficient (Wildman–Crippen LogP) is 3.35. The van der Waals surface area contributed by atoms with Crippen LogP contribution in [0, 0.1) is 6.92 Å². The van der Waals surface area contributed by atoms with Gasteiger partial charge >= 0.3 is 0 Å². The number of para-hydroxylation sites is 1. The molecule has 0 atom stereocenters. The molecule has 0 aliphatic heterocycles. The zero-order chi connectivity index (χ0) is 14.4. The molecule has 1 heterocycles. The number of aryl methyl sites for hydroxylation is 1. The van der Waals surface area contributed by atoms with E-state index in [0.29, 0.717) is 16.7 Å². The SMILES string of the molecule is CC1=CC(=O)C(c2c(C)[nH]c3ccccc23)=C(C)C1=O. The number of H-pyrrole nitrogens is 1. The van der Waals surface area contributed by atoms with Crippen molar-refractivity contribution in [3.63, 3.8) is 0 Å². The Balaban J connectivity index is 2.34. The predicted molar refractivity (Wildman–Crippen MR) is 79.4 cm³/mol. The molecule has 1 N–H and O–H groups in total. The van der Waals surface area contributed by atoms with Crippen molar-refractivity contribution in [3.8, 4) is 0 Å². The number of carbonyl (C=O) groups excluding carboxylic acids is 2. The first-order chi connectivity index (χ1) is 9.50. The van der Waals surface area contributed by atoms with E-state index in [1.807, 2.05) is 31.2 Å². The van der Waals surface area contributed by atoms with E-state index in [1.165, 1.54) is 6.08 Å². The number of hydrogen-bond acceptors (Lipinski definition) is 2. The molecule has 0 saturated heterocycles. The second-order valence-corrected chi connectivity index (χ2v) is 5.19. The van der Waals surface area contributed by atoms with E-state index >= 15 is 0 Å². The lowest BCUT2D eigenvalue weighted by Crippen LogP contribution is -2.16. The van der Waals surface area contributed by atoms with E-state index in [4.69, 9.17) is 0 Å². The van der Waals surface area contributed by atoms with Crippen LogP contribution in [-0.2, 0) is 9.59 Å². The number of aromatic amines is 1. The molecule has 20 heavy (non-hydrogen) atoms. The maximum atomic E-state index is 12.4. The van der Waals surface area contributed by atoms with Crippen LogP contribution in [-0.4, -0.2) is 16.6 Å². The van der Waals surface area contributed by atoms with Gasteiger partial charge in [-0.15, -0.1) is 0 Å². The molecule has 0 unspecified atom stereocenters. The summed E-state index contributed by atoms with van der Waals surface area (Å²) in [5.41, 5.74) is 4.30. The fraction of sp³-hybridized carbons (Fsp3) is 0.176. The third-order valence-electron chi connectivity index (χ3n) is 3.81. The Labute approximate surface area is 117 Å². The van der Waals surface area contributed by atoms with E-state index < -0.39 is 0 Å². The number of rotatable bonds is 1. The Morgan fingerprint density at radius 1 is 1.00 bits per heavy atom. The zero-order valence-electron chi connectivity index (χ0n) is 11.7. The summed E-state index contributed by atoms with van der Waals surface area (Å²) in [6, 6.07) is 7.82. The fourth-order valence-electron chi connectivity index (χ4n) is 2.84. The molecule has 0 bridgehead atoms. The molecule has 100 valence electrons. The monoisotopic (exact) mass is 265 g/mol. The van der Waals surface area contributed by atoms with Gasteiger partial charge in [-0.25, -0.2) is 0 Å². The van der Waals surface area contributed by atoms with Crippen molar-refractivity contribution in [2.75, 3.05) is 0 Å². The summed E-state index contributed by atoms with van der Waals surface area (Å²) in [7, 11) is 0. The smallest absolute Gasteiger partial charge is 0.187 e. The summed E-state index contributed by atoms with van der Waals surface area (Å²) in [6.45, 7) is 5.34. The van der Waals surface area contributed by atoms with Crippen molar-refractivity contribution < 1.29 is 9.59 Å². The molecule has 1 aromatic heterocycles. The topological polar surface area (TPSA) is 49.9 Å². The van der Waals surface area contributed by atoms with Crippen molar-refractivity contribution in [2.45, 2.75) is 20.8 Å². The highest BCUT2D eigenvalue weighted by Gasteiger charge is 2.27. The average Bonchev–Trinajstić information content (AvgIpc) is 2.73. The molecule has 3 heteroatoms. The number of nitrogens with one attached hydrogen (secondary N) is 1. The van der Waals surface area contributed by atoms with Crippen molar-refractivity contribution in [1.29, 1.82) is 0 Å². The van der Waals surface area contributed by atoms with Gasteiger partial charge in [0, 0.05) is 38.9 Å². The quantitative estimate of drug-likeness (QED) is 0.804. The van der Waals surface area contributed by atoms with E-state index in [-0.39, 0.29) is 11.6 Å². The normalized spacial score (nSPS) is 16.1. The largest absolute Gasteiger partial charge is 0.358 e. The third-order valence-corrected chi connectivity index (χ3v) is 3.81. The lowest BCUT2D eigenvalue weighted by molar-refractivity contribution is -0.114. The van der Waals surface area contributed by atoms with Crippen LogP contribution in [0.1, 0.15) is 25.1 Å². The van der Waals surface area contributed by atoms with Crippen LogP contribution in [0.3, 0.4) is 0 Å². The van der Waals surface area contributed by atoms with Crippen LogP contribution in [0.2, 0.25) is 0 Å². The van der Waals surface area contributed by atoms with E-state index in [0.717, 1.165) is 22.2 Å². The number of Topliss-reactive ketones (excluding diaryl/α,β-unsaturated/α-hetero) is 1. The molecule has 0 amide bonds. The van der Waals surface area contributed by atoms with Gasteiger partial charge in [-0.1, -0.05) is 18.2 Å². The van der Waals surface area contributed by atoms with Crippen LogP contribution >= 0.6 is 0 Å². The Kier molecular flexibility index (Phi) is 2.71. The second-order valence-electron chi connectivity index (χ2n) is 5.19. The van der Waals surface area contributed by atoms with Gasteiger partial charge in [-0.3, -0.25) is 9.59 Å². The molecule has 0 radical (unpaired) electrons. The summed E-state index contributed by atoms with van der Waals surface area (Å²) in [5, 5.41) is 0.980.